The molecule has 1 atom stereocenters. The first kappa shape index (κ1) is 9.07. The molecule has 0 spiro atoms. The van der Waals surface area contributed by atoms with Crippen LogP contribution in [0.5, 0.6) is 5.75 Å². The average Bonchev–Trinajstić information content (AvgIpc) is 2.04. The van der Waals surface area contributed by atoms with Crippen molar-refractivity contribution >= 4 is 0 Å². The summed E-state index contributed by atoms with van der Waals surface area (Å²) in [7, 11) is 0. The Morgan fingerprint density at radius 1 is 1.50 bits per heavy atom. The summed E-state index contributed by atoms with van der Waals surface area (Å²) in [4.78, 5) is 0. The highest BCUT2D eigenvalue weighted by molar-refractivity contribution is 5.27. The second-order valence-electron chi connectivity index (χ2n) is 2.73. The normalized spacial score (nSPS) is 12.6. The number of benzene rings is 1. The molecule has 1 aromatic rings. The van der Waals surface area contributed by atoms with E-state index in [2.05, 4.69) is 0 Å². The van der Waals surface area contributed by atoms with Gasteiger partial charge in [0, 0.05) is 6.42 Å². The van der Waals surface area contributed by atoms with E-state index in [1.807, 2.05) is 44.5 Å². The van der Waals surface area contributed by atoms with Gasteiger partial charge in [-0.3, -0.25) is 5.73 Å². The molecule has 1 aromatic carbocycles. The minimum absolute atomic E-state index is 0.313. The van der Waals surface area contributed by atoms with Crippen molar-refractivity contribution < 1.29 is 4.74 Å². The Morgan fingerprint density at radius 3 is 2.83 bits per heavy atom. The van der Waals surface area contributed by atoms with E-state index in [0.717, 1.165) is 5.75 Å². The second-order valence-corrected chi connectivity index (χ2v) is 2.73. The molecule has 0 aliphatic heterocycles. The fourth-order valence-corrected chi connectivity index (χ4v) is 0.914. The van der Waals surface area contributed by atoms with Crippen LogP contribution < -0.4 is 10.5 Å². The van der Waals surface area contributed by atoms with Crippen LogP contribution in [0.1, 0.15) is 12.5 Å². The van der Waals surface area contributed by atoms with Gasteiger partial charge in [-0.05, 0) is 24.6 Å². The lowest BCUT2D eigenvalue weighted by Crippen LogP contribution is -2.26. The van der Waals surface area contributed by atoms with Crippen molar-refractivity contribution in [3.05, 3.63) is 36.2 Å². The van der Waals surface area contributed by atoms with Crippen LogP contribution in [0.4, 0.5) is 0 Å². The number of aryl methyl sites for hydroxylation is 1. The van der Waals surface area contributed by atoms with Crippen molar-refractivity contribution in [3.8, 4) is 5.75 Å². The number of hydrogen-bond acceptors (Lipinski definition) is 2. The summed E-state index contributed by atoms with van der Waals surface area (Å²) in [5.74, 6) is 0.820. The average molecular weight is 164 g/mol. The quantitative estimate of drug-likeness (QED) is 0.692. The summed E-state index contributed by atoms with van der Waals surface area (Å²) in [6.45, 7) is 3.90. The molecular weight excluding hydrogens is 150 g/mol. The van der Waals surface area contributed by atoms with Gasteiger partial charge >= 0.3 is 0 Å². The van der Waals surface area contributed by atoms with E-state index in [1.54, 1.807) is 0 Å². The minimum Gasteiger partial charge on any atom is -0.475 e. The van der Waals surface area contributed by atoms with Gasteiger partial charge in [0.15, 0.2) is 6.23 Å². The van der Waals surface area contributed by atoms with Crippen molar-refractivity contribution in [2.45, 2.75) is 20.1 Å². The fraction of sp³-hybridized carbons (Fsp3) is 0.300. The first-order chi connectivity index (χ1) is 5.72. The lowest BCUT2D eigenvalue weighted by atomic mass is 10.2. The molecule has 2 N–H and O–H groups in total. The van der Waals surface area contributed by atoms with Crippen molar-refractivity contribution in [2.24, 2.45) is 5.73 Å². The van der Waals surface area contributed by atoms with Crippen LogP contribution in [0.3, 0.4) is 0 Å². The van der Waals surface area contributed by atoms with E-state index < -0.39 is 0 Å². The fourth-order valence-electron chi connectivity index (χ4n) is 0.914. The molecule has 0 saturated heterocycles. The van der Waals surface area contributed by atoms with Crippen LogP contribution in [0.15, 0.2) is 24.3 Å². The third-order valence-corrected chi connectivity index (χ3v) is 1.59. The van der Waals surface area contributed by atoms with E-state index >= 15 is 0 Å². The molecule has 0 bridgehead atoms. The molecule has 1 unspecified atom stereocenters. The highest BCUT2D eigenvalue weighted by Gasteiger charge is 2.00. The Balaban J connectivity index is 2.63. The summed E-state index contributed by atoms with van der Waals surface area (Å²) in [5.41, 5.74) is 6.75. The smallest absolute Gasteiger partial charge is 0.150 e. The topological polar surface area (TPSA) is 35.2 Å². The van der Waals surface area contributed by atoms with E-state index in [-0.39, 0.29) is 6.23 Å². The molecule has 1 rings (SSSR count). The number of rotatable bonds is 3. The molecule has 65 valence electrons. The lowest BCUT2D eigenvalue weighted by molar-refractivity contribution is 0.242. The maximum absolute atomic E-state index is 5.58. The molecule has 0 aliphatic rings. The Labute approximate surface area is 73.3 Å². The van der Waals surface area contributed by atoms with Crippen LogP contribution in [0.2, 0.25) is 0 Å². The van der Waals surface area contributed by atoms with Crippen molar-refractivity contribution in [1.82, 2.24) is 0 Å². The molecule has 1 radical (unpaired) electrons. The van der Waals surface area contributed by atoms with Crippen LogP contribution in [-0.2, 0) is 0 Å². The summed E-state index contributed by atoms with van der Waals surface area (Å²) in [6.07, 6.45) is 1.49. The Bertz CT molecular complexity index is 247. The van der Waals surface area contributed by atoms with E-state index in [4.69, 9.17) is 10.5 Å². The highest BCUT2D eigenvalue weighted by Crippen LogP contribution is 2.13. The Morgan fingerprint density at radius 2 is 2.25 bits per heavy atom. The Kier molecular flexibility index (Phi) is 3.11. The standard InChI is InChI=1S/C10H14NO/c1-3-10(11)12-9-6-4-5-8(2)7-9/h3-7,10H,11H2,1-2H3. The van der Waals surface area contributed by atoms with Crippen LogP contribution in [0.25, 0.3) is 0 Å². The summed E-state index contributed by atoms with van der Waals surface area (Å²) < 4.78 is 5.37. The van der Waals surface area contributed by atoms with Crippen molar-refractivity contribution in [2.75, 3.05) is 0 Å². The molecule has 0 aliphatic carbocycles. The zero-order valence-corrected chi connectivity index (χ0v) is 7.45. The Hall–Kier alpha value is -1.02. The third kappa shape index (κ3) is 2.55. The van der Waals surface area contributed by atoms with Gasteiger partial charge in [-0.15, -0.1) is 0 Å². The largest absolute Gasteiger partial charge is 0.475 e. The van der Waals surface area contributed by atoms with Crippen LogP contribution in [-0.4, -0.2) is 6.23 Å². The molecule has 0 amide bonds. The molecule has 12 heavy (non-hydrogen) atoms. The minimum atomic E-state index is -0.313. The highest BCUT2D eigenvalue weighted by atomic mass is 16.5. The van der Waals surface area contributed by atoms with E-state index in [0.29, 0.717) is 0 Å². The van der Waals surface area contributed by atoms with Gasteiger partial charge in [-0.25, -0.2) is 0 Å². The molecule has 0 heterocycles. The maximum Gasteiger partial charge on any atom is 0.150 e. The van der Waals surface area contributed by atoms with Gasteiger partial charge in [0.25, 0.3) is 0 Å². The predicted molar refractivity (Wildman–Crippen MR) is 49.8 cm³/mol. The third-order valence-electron chi connectivity index (χ3n) is 1.59. The maximum atomic E-state index is 5.58. The van der Waals surface area contributed by atoms with Gasteiger partial charge in [0.1, 0.15) is 5.75 Å². The molecule has 0 saturated carbocycles. The molecule has 2 heteroatoms. The van der Waals surface area contributed by atoms with Gasteiger partial charge in [-0.2, -0.15) is 0 Å². The number of ether oxygens (including phenoxy) is 1. The molecule has 0 fully saturated rings. The summed E-state index contributed by atoms with van der Waals surface area (Å²) >= 11 is 0. The monoisotopic (exact) mass is 164 g/mol. The molecule has 0 aromatic heterocycles. The number of hydrogen-bond donors (Lipinski definition) is 1. The molecule has 2 nitrogen and oxygen atoms in total. The van der Waals surface area contributed by atoms with Crippen molar-refractivity contribution in [3.63, 3.8) is 0 Å². The predicted octanol–water partition coefficient (Wildman–Crippen LogP) is 1.88. The second kappa shape index (κ2) is 4.12. The van der Waals surface area contributed by atoms with Gasteiger partial charge in [-0.1, -0.05) is 19.1 Å². The first-order valence-corrected chi connectivity index (χ1v) is 4.01. The van der Waals surface area contributed by atoms with Gasteiger partial charge in [0.2, 0.25) is 0 Å². The SMILES string of the molecule is C[CH]C(N)Oc1cccc(C)c1. The lowest BCUT2D eigenvalue weighted by Gasteiger charge is -2.11. The van der Waals surface area contributed by atoms with Gasteiger partial charge < -0.3 is 4.74 Å². The van der Waals surface area contributed by atoms with Crippen molar-refractivity contribution in [1.29, 1.82) is 0 Å². The summed E-state index contributed by atoms with van der Waals surface area (Å²) in [6, 6.07) is 7.83. The number of nitrogens with two attached hydrogens (primary N) is 1. The summed E-state index contributed by atoms with van der Waals surface area (Å²) in [5, 5.41) is 0. The van der Waals surface area contributed by atoms with Crippen LogP contribution in [0, 0.1) is 13.3 Å². The van der Waals surface area contributed by atoms with Gasteiger partial charge in [0.05, 0.1) is 0 Å². The molecular formula is C10H14NO. The first-order valence-electron chi connectivity index (χ1n) is 4.01. The van der Waals surface area contributed by atoms with Crippen LogP contribution >= 0.6 is 0 Å². The van der Waals surface area contributed by atoms with E-state index in [9.17, 15) is 0 Å². The van der Waals surface area contributed by atoms with E-state index in [1.165, 1.54) is 5.56 Å². The zero-order chi connectivity index (χ0) is 8.97. The zero-order valence-electron chi connectivity index (χ0n) is 7.45.